The number of amides is 1. The number of hydrogen-bond donors (Lipinski definition) is 1. The number of aromatic nitrogens is 1. The summed E-state index contributed by atoms with van der Waals surface area (Å²) >= 11 is 0. The average molecular weight is 350 g/mol. The summed E-state index contributed by atoms with van der Waals surface area (Å²) < 4.78 is 7.60. The van der Waals surface area contributed by atoms with Gasteiger partial charge in [0.15, 0.2) is 0 Å². The summed E-state index contributed by atoms with van der Waals surface area (Å²) in [6, 6.07) is 15.7. The molecule has 4 heteroatoms. The SMILES string of the molecule is CCOc1ccccc1NC(=O)C(C)n1ccc2cc(C(C)C)ccc21. The van der Waals surface area contributed by atoms with Crippen molar-refractivity contribution in [3.8, 4) is 5.75 Å². The predicted octanol–water partition coefficient (Wildman–Crippen LogP) is 5.36. The van der Waals surface area contributed by atoms with Crippen molar-refractivity contribution in [3.63, 3.8) is 0 Å². The molecule has 0 aliphatic heterocycles. The number of rotatable bonds is 6. The van der Waals surface area contributed by atoms with Crippen molar-refractivity contribution < 1.29 is 9.53 Å². The van der Waals surface area contributed by atoms with Gasteiger partial charge in [-0.1, -0.05) is 32.0 Å². The summed E-state index contributed by atoms with van der Waals surface area (Å²) in [5, 5.41) is 4.15. The Morgan fingerprint density at radius 3 is 2.62 bits per heavy atom. The monoisotopic (exact) mass is 350 g/mol. The lowest BCUT2D eigenvalue weighted by Crippen LogP contribution is -2.23. The third-order valence-corrected chi connectivity index (χ3v) is 4.65. The quantitative estimate of drug-likeness (QED) is 0.650. The molecular weight excluding hydrogens is 324 g/mol. The van der Waals surface area contributed by atoms with Gasteiger partial charge in [0.05, 0.1) is 12.3 Å². The van der Waals surface area contributed by atoms with Crippen molar-refractivity contribution >= 4 is 22.5 Å². The van der Waals surface area contributed by atoms with Crippen LogP contribution >= 0.6 is 0 Å². The van der Waals surface area contributed by atoms with Crippen LogP contribution in [0, 0.1) is 0 Å². The minimum absolute atomic E-state index is 0.0670. The topological polar surface area (TPSA) is 43.3 Å². The molecule has 0 radical (unpaired) electrons. The number of fused-ring (bicyclic) bond motifs is 1. The van der Waals surface area contributed by atoms with E-state index in [9.17, 15) is 4.79 Å². The van der Waals surface area contributed by atoms with E-state index in [1.54, 1.807) is 0 Å². The van der Waals surface area contributed by atoms with E-state index in [1.165, 1.54) is 5.56 Å². The Kier molecular flexibility index (Phi) is 5.31. The minimum Gasteiger partial charge on any atom is -0.492 e. The molecule has 136 valence electrons. The molecule has 4 nitrogen and oxygen atoms in total. The molecule has 1 aromatic heterocycles. The molecule has 1 N–H and O–H groups in total. The van der Waals surface area contributed by atoms with Crippen molar-refractivity contribution in [2.24, 2.45) is 0 Å². The van der Waals surface area contributed by atoms with Crippen LogP contribution in [-0.2, 0) is 4.79 Å². The molecular formula is C22H26N2O2. The highest BCUT2D eigenvalue weighted by atomic mass is 16.5. The number of ether oxygens (including phenoxy) is 1. The maximum atomic E-state index is 12.8. The van der Waals surface area contributed by atoms with E-state index in [4.69, 9.17) is 4.74 Å². The smallest absolute Gasteiger partial charge is 0.247 e. The van der Waals surface area contributed by atoms with Crippen LogP contribution in [0.4, 0.5) is 5.69 Å². The highest BCUT2D eigenvalue weighted by molar-refractivity contribution is 5.96. The van der Waals surface area contributed by atoms with E-state index in [0.717, 1.165) is 10.9 Å². The number of benzene rings is 2. The number of nitrogens with one attached hydrogen (secondary N) is 1. The lowest BCUT2D eigenvalue weighted by molar-refractivity contribution is -0.118. The zero-order valence-electron chi connectivity index (χ0n) is 15.8. The largest absolute Gasteiger partial charge is 0.492 e. The molecule has 3 aromatic rings. The summed E-state index contributed by atoms with van der Waals surface area (Å²) in [5.74, 6) is 1.11. The van der Waals surface area contributed by atoms with Gasteiger partial charge >= 0.3 is 0 Å². The van der Waals surface area contributed by atoms with Crippen LogP contribution in [0.25, 0.3) is 10.9 Å². The normalized spacial score (nSPS) is 12.3. The summed E-state index contributed by atoms with van der Waals surface area (Å²) in [7, 11) is 0. The van der Waals surface area contributed by atoms with Crippen LogP contribution in [0.1, 0.15) is 45.2 Å². The van der Waals surface area contributed by atoms with Crippen molar-refractivity contribution in [1.29, 1.82) is 0 Å². The van der Waals surface area contributed by atoms with Gasteiger partial charge in [0, 0.05) is 11.7 Å². The minimum atomic E-state index is -0.327. The third-order valence-electron chi connectivity index (χ3n) is 4.65. The molecule has 2 aromatic carbocycles. The molecule has 0 spiro atoms. The van der Waals surface area contributed by atoms with Crippen molar-refractivity contribution in [1.82, 2.24) is 4.57 Å². The zero-order valence-corrected chi connectivity index (χ0v) is 15.8. The van der Waals surface area contributed by atoms with E-state index < -0.39 is 0 Å². The van der Waals surface area contributed by atoms with E-state index >= 15 is 0 Å². The third kappa shape index (κ3) is 3.59. The van der Waals surface area contributed by atoms with Gasteiger partial charge in [-0.15, -0.1) is 0 Å². The van der Waals surface area contributed by atoms with Gasteiger partial charge in [-0.3, -0.25) is 4.79 Å². The second-order valence-electron chi connectivity index (χ2n) is 6.79. The first-order chi connectivity index (χ1) is 12.5. The summed E-state index contributed by atoms with van der Waals surface area (Å²) in [5.41, 5.74) is 3.07. The zero-order chi connectivity index (χ0) is 18.7. The molecule has 1 atom stereocenters. The van der Waals surface area contributed by atoms with Crippen molar-refractivity contribution in [3.05, 3.63) is 60.3 Å². The molecule has 0 saturated heterocycles. The molecule has 1 unspecified atom stereocenters. The van der Waals surface area contributed by atoms with Gasteiger partial charge in [0.2, 0.25) is 5.91 Å². The number of para-hydroxylation sites is 2. The van der Waals surface area contributed by atoms with Crippen LogP contribution in [-0.4, -0.2) is 17.1 Å². The molecule has 0 saturated carbocycles. The van der Waals surface area contributed by atoms with E-state index in [2.05, 4.69) is 43.4 Å². The molecule has 26 heavy (non-hydrogen) atoms. The fourth-order valence-electron chi connectivity index (χ4n) is 3.09. The van der Waals surface area contributed by atoms with Gasteiger partial charge in [-0.25, -0.2) is 0 Å². The van der Waals surface area contributed by atoms with Crippen molar-refractivity contribution in [2.45, 2.75) is 39.7 Å². The van der Waals surface area contributed by atoms with Crippen LogP contribution in [0.5, 0.6) is 5.75 Å². The number of carbonyl (C=O) groups excluding carboxylic acids is 1. The summed E-state index contributed by atoms with van der Waals surface area (Å²) in [6.07, 6.45) is 1.98. The van der Waals surface area contributed by atoms with Gasteiger partial charge in [-0.05, 0) is 61.0 Å². The first kappa shape index (κ1) is 18.1. The lowest BCUT2D eigenvalue weighted by atomic mass is 10.0. The maximum absolute atomic E-state index is 12.8. The second kappa shape index (κ2) is 7.65. The van der Waals surface area contributed by atoms with Gasteiger partial charge < -0.3 is 14.6 Å². The number of carbonyl (C=O) groups is 1. The first-order valence-electron chi connectivity index (χ1n) is 9.14. The molecule has 1 heterocycles. The second-order valence-corrected chi connectivity index (χ2v) is 6.79. The Labute approximate surface area is 154 Å². The molecule has 0 aliphatic rings. The Balaban J connectivity index is 1.84. The number of hydrogen-bond acceptors (Lipinski definition) is 2. The highest BCUT2D eigenvalue weighted by Crippen LogP contribution is 2.27. The number of anilines is 1. The molecule has 0 bridgehead atoms. The Bertz CT molecular complexity index is 911. The van der Waals surface area contributed by atoms with E-state index in [0.29, 0.717) is 24.0 Å². The average Bonchev–Trinajstić information content (AvgIpc) is 3.06. The van der Waals surface area contributed by atoms with Crippen LogP contribution in [0.2, 0.25) is 0 Å². The van der Waals surface area contributed by atoms with E-state index in [-0.39, 0.29) is 11.9 Å². The van der Waals surface area contributed by atoms with Gasteiger partial charge in [-0.2, -0.15) is 0 Å². The summed E-state index contributed by atoms with van der Waals surface area (Å²) in [4.78, 5) is 12.8. The van der Waals surface area contributed by atoms with E-state index in [1.807, 2.05) is 48.9 Å². The molecule has 0 fully saturated rings. The highest BCUT2D eigenvalue weighted by Gasteiger charge is 2.18. The van der Waals surface area contributed by atoms with Crippen LogP contribution < -0.4 is 10.1 Å². The Hall–Kier alpha value is -2.75. The molecule has 0 aliphatic carbocycles. The van der Waals surface area contributed by atoms with Crippen LogP contribution in [0.15, 0.2) is 54.7 Å². The fraction of sp³-hybridized carbons (Fsp3) is 0.318. The first-order valence-corrected chi connectivity index (χ1v) is 9.14. The molecule has 1 amide bonds. The predicted molar refractivity (Wildman–Crippen MR) is 107 cm³/mol. The Morgan fingerprint density at radius 2 is 1.88 bits per heavy atom. The maximum Gasteiger partial charge on any atom is 0.247 e. The fourth-order valence-corrected chi connectivity index (χ4v) is 3.09. The van der Waals surface area contributed by atoms with Gasteiger partial charge in [0.25, 0.3) is 0 Å². The Morgan fingerprint density at radius 1 is 1.12 bits per heavy atom. The van der Waals surface area contributed by atoms with Crippen LogP contribution in [0.3, 0.4) is 0 Å². The standard InChI is InChI=1S/C22H26N2O2/c1-5-26-21-9-7-6-8-19(21)23-22(25)16(4)24-13-12-18-14-17(15(2)3)10-11-20(18)24/h6-16H,5H2,1-4H3,(H,23,25). The number of nitrogens with zero attached hydrogens (tertiary/aromatic N) is 1. The molecule has 3 rings (SSSR count). The van der Waals surface area contributed by atoms with Crippen molar-refractivity contribution in [2.75, 3.05) is 11.9 Å². The van der Waals surface area contributed by atoms with Gasteiger partial charge in [0.1, 0.15) is 11.8 Å². The lowest BCUT2D eigenvalue weighted by Gasteiger charge is -2.17. The summed E-state index contributed by atoms with van der Waals surface area (Å²) in [6.45, 7) is 8.77.